The van der Waals surface area contributed by atoms with E-state index in [-0.39, 0.29) is 29.7 Å². The fourth-order valence-electron chi connectivity index (χ4n) is 5.97. The number of carbonyl (C=O) groups is 1. The van der Waals surface area contributed by atoms with Crippen LogP contribution < -0.4 is 4.74 Å². The molecule has 1 aliphatic heterocycles. The number of rotatable bonds is 7. The van der Waals surface area contributed by atoms with E-state index in [9.17, 15) is 14.3 Å². The van der Waals surface area contributed by atoms with Crippen LogP contribution >= 0.6 is 0 Å². The molecule has 36 heavy (non-hydrogen) atoms. The highest BCUT2D eigenvalue weighted by atomic mass is 19.1. The minimum absolute atomic E-state index is 0.127. The van der Waals surface area contributed by atoms with Gasteiger partial charge in [0.05, 0.1) is 37.5 Å². The second kappa shape index (κ2) is 10.5. The summed E-state index contributed by atoms with van der Waals surface area (Å²) < 4.78 is 24.1. The maximum Gasteiger partial charge on any atom is 0.310 e. The molecule has 0 spiro atoms. The van der Waals surface area contributed by atoms with Crippen LogP contribution in [0.15, 0.2) is 48.5 Å². The van der Waals surface area contributed by atoms with Gasteiger partial charge in [0.25, 0.3) is 0 Å². The molecule has 190 valence electrons. The van der Waals surface area contributed by atoms with Crippen LogP contribution in [0.25, 0.3) is 10.9 Å². The Morgan fingerprint density at radius 3 is 2.83 bits per heavy atom. The van der Waals surface area contributed by atoms with Crippen LogP contribution in [0, 0.1) is 17.7 Å². The number of ether oxygens (including phenoxy) is 2. The highest BCUT2D eigenvalue weighted by Gasteiger charge is 2.39. The predicted molar refractivity (Wildman–Crippen MR) is 135 cm³/mol. The minimum atomic E-state index is -0.704. The Hall–Kier alpha value is -3.03. The number of carbonyl (C=O) groups excluding carboxylic acids is 1. The van der Waals surface area contributed by atoms with Crippen molar-refractivity contribution in [2.45, 2.75) is 44.2 Å². The van der Waals surface area contributed by atoms with Crippen LogP contribution in [-0.4, -0.2) is 48.3 Å². The number of benzene rings is 2. The lowest BCUT2D eigenvalue weighted by atomic mass is 9.80. The molecule has 3 aromatic rings. The van der Waals surface area contributed by atoms with Gasteiger partial charge in [0.2, 0.25) is 0 Å². The smallest absolute Gasteiger partial charge is 0.310 e. The van der Waals surface area contributed by atoms with Crippen molar-refractivity contribution >= 4 is 16.9 Å². The molecular formula is C29H33FN2O4. The number of aliphatic hydroxyl groups excluding tert-OH is 1. The molecule has 1 aromatic heterocycles. The Bertz CT molecular complexity index is 1250. The summed E-state index contributed by atoms with van der Waals surface area (Å²) in [6, 6.07) is 14.7. The average Bonchev–Trinajstić information content (AvgIpc) is 3.33. The predicted octanol–water partition coefficient (Wildman–Crippen LogP) is 4.99. The Morgan fingerprint density at radius 1 is 1.17 bits per heavy atom. The maximum absolute atomic E-state index is 13.7. The monoisotopic (exact) mass is 492 g/mol. The maximum atomic E-state index is 13.7. The fourth-order valence-corrected chi connectivity index (χ4v) is 5.97. The summed E-state index contributed by atoms with van der Waals surface area (Å²) >= 11 is 0. The highest BCUT2D eigenvalue weighted by molar-refractivity contribution is 5.80. The number of likely N-dealkylation sites (tertiary alicyclic amines) is 1. The molecule has 0 bridgehead atoms. The van der Waals surface area contributed by atoms with Crippen LogP contribution in [-0.2, 0) is 16.0 Å². The number of pyridine rings is 1. The van der Waals surface area contributed by atoms with E-state index in [4.69, 9.17) is 9.47 Å². The van der Waals surface area contributed by atoms with Crippen LogP contribution in [0.5, 0.6) is 5.75 Å². The molecule has 1 N–H and O–H groups in total. The number of hydrogen-bond donors (Lipinski definition) is 1. The summed E-state index contributed by atoms with van der Waals surface area (Å²) in [6.07, 6.45) is 3.18. The molecule has 1 fully saturated rings. The third-order valence-corrected chi connectivity index (χ3v) is 7.95. The first-order chi connectivity index (χ1) is 17.5. The van der Waals surface area contributed by atoms with Crippen molar-refractivity contribution in [2.24, 2.45) is 11.8 Å². The Balaban J connectivity index is 1.25. The Kier molecular flexibility index (Phi) is 7.21. The number of nitrogens with zero attached hydrogens (tertiary/aromatic N) is 2. The molecule has 0 radical (unpaired) electrons. The number of methoxy groups -OCH3 is 2. The fraction of sp³-hybridized carbons (Fsp3) is 0.448. The Morgan fingerprint density at radius 2 is 2.03 bits per heavy atom. The van der Waals surface area contributed by atoms with E-state index in [1.807, 2.05) is 36.4 Å². The molecule has 2 heterocycles. The van der Waals surface area contributed by atoms with Crippen molar-refractivity contribution < 1.29 is 23.8 Å². The molecule has 2 aliphatic rings. The largest absolute Gasteiger partial charge is 0.497 e. The molecule has 0 saturated carbocycles. The van der Waals surface area contributed by atoms with Crippen LogP contribution in [0.1, 0.15) is 54.6 Å². The number of halogens is 1. The molecule has 2 unspecified atom stereocenters. The van der Waals surface area contributed by atoms with Crippen LogP contribution in [0.2, 0.25) is 0 Å². The zero-order valence-electron chi connectivity index (χ0n) is 20.8. The normalized spacial score (nSPS) is 22.8. The van der Waals surface area contributed by atoms with Gasteiger partial charge in [-0.05, 0) is 92.1 Å². The number of hydrogen-bond acceptors (Lipinski definition) is 6. The quantitative estimate of drug-likeness (QED) is 0.469. The number of aliphatic hydroxyl groups is 1. The summed E-state index contributed by atoms with van der Waals surface area (Å²) in [6.45, 7) is 1.48. The second-order valence-corrected chi connectivity index (χ2v) is 9.96. The summed E-state index contributed by atoms with van der Waals surface area (Å²) in [7, 11) is 3.07. The lowest BCUT2D eigenvalue weighted by Crippen LogP contribution is -2.45. The van der Waals surface area contributed by atoms with Crippen LogP contribution in [0.3, 0.4) is 0 Å². The molecule has 6 nitrogen and oxygen atoms in total. The van der Waals surface area contributed by atoms with Gasteiger partial charge in [0, 0.05) is 18.0 Å². The van der Waals surface area contributed by atoms with Gasteiger partial charge in [-0.3, -0.25) is 14.7 Å². The zero-order valence-corrected chi connectivity index (χ0v) is 20.8. The van der Waals surface area contributed by atoms with Gasteiger partial charge >= 0.3 is 5.97 Å². The van der Waals surface area contributed by atoms with Crippen molar-refractivity contribution in [3.05, 3.63) is 71.2 Å². The number of aryl methyl sites for hydroxylation is 1. The first kappa shape index (κ1) is 24.7. The molecule has 2 aromatic carbocycles. The third kappa shape index (κ3) is 4.95. The molecule has 5 rings (SSSR count). The molecule has 1 aliphatic carbocycles. The summed E-state index contributed by atoms with van der Waals surface area (Å²) in [5, 5.41) is 11.9. The third-order valence-electron chi connectivity index (χ3n) is 7.95. The SMILES string of the molecule is COC(=O)[C@H]1CN(C2CCc3cc(F)ccc32)CC[C@H]1CCC(O)c1ccc2cc(OC)ccc2n1. The summed E-state index contributed by atoms with van der Waals surface area (Å²) in [5.74, 6) is 0.250. The molecule has 1 saturated heterocycles. The van der Waals surface area contributed by atoms with Gasteiger partial charge in [-0.1, -0.05) is 12.1 Å². The van der Waals surface area contributed by atoms with E-state index in [1.54, 1.807) is 13.2 Å². The average molecular weight is 493 g/mol. The second-order valence-electron chi connectivity index (χ2n) is 9.96. The zero-order chi connectivity index (χ0) is 25.2. The van der Waals surface area contributed by atoms with Crippen molar-refractivity contribution in [3.63, 3.8) is 0 Å². The van der Waals surface area contributed by atoms with Crippen molar-refractivity contribution in [1.82, 2.24) is 9.88 Å². The van der Waals surface area contributed by atoms with Crippen molar-refractivity contribution in [3.8, 4) is 5.75 Å². The van der Waals surface area contributed by atoms with Gasteiger partial charge in [-0.25, -0.2) is 4.39 Å². The number of piperidine rings is 1. The Labute approximate surface area is 211 Å². The van der Waals surface area contributed by atoms with Gasteiger partial charge in [0.1, 0.15) is 11.6 Å². The summed E-state index contributed by atoms with van der Waals surface area (Å²) in [4.78, 5) is 19.8. The van der Waals surface area contributed by atoms with Gasteiger partial charge < -0.3 is 14.6 Å². The van der Waals surface area contributed by atoms with E-state index in [2.05, 4.69) is 9.88 Å². The lowest BCUT2D eigenvalue weighted by Gasteiger charge is -2.40. The first-order valence-corrected chi connectivity index (χ1v) is 12.7. The van der Waals surface area contributed by atoms with E-state index < -0.39 is 6.10 Å². The first-order valence-electron chi connectivity index (χ1n) is 12.7. The topological polar surface area (TPSA) is 71.9 Å². The standard InChI is InChI=1S/C29H33FN2O4/c1-35-22-7-10-25-20(16-22)3-9-26(31-25)28(33)12-5-18-13-14-32(17-24(18)29(34)36-2)27-11-4-19-15-21(30)6-8-23(19)27/h3,6-10,15-16,18,24,27-28,33H,4-5,11-14,17H2,1-2H3/t18-,24+,27?,28?/m1/s1. The number of esters is 1. The number of aromatic nitrogens is 1. The van der Waals surface area contributed by atoms with E-state index in [1.165, 1.54) is 18.7 Å². The lowest BCUT2D eigenvalue weighted by molar-refractivity contribution is -0.150. The van der Waals surface area contributed by atoms with Gasteiger partial charge in [-0.15, -0.1) is 0 Å². The molecule has 4 atom stereocenters. The van der Waals surface area contributed by atoms with Gasteiger partial charge in [0.15, 0.2) is 0 Å². The van der Waals surface area contributed by atoms with E-state index in [0.29, 0.717) is 25.1 Å². The van der Waals surface area contributed by atoms with E-state index >= 15 is 0 Å². The van der Waals surface area contributed by atoms with E-state index in [0.717, 1.165) is 48.0 Å². The molecular weight excluding hydrogens is 459 g/mol. The van der Waals surface area contributed by atoms with Crippen molar-refractivity contribution in [2.75, 3.05) is 27.3 Å². The van der Waals surface area contributed by atoms with Gasteiger partial charge in [-0.2, -0.15) is 0 Å². The molecule has 7 heteroatoms. The highest BCUT2D eigenvalue weighted by Crippen LogP contribution is 2.40. The minimum Gasteiger partial charge on any atom is -0.497 e. The molecule has 0 amide bonds. The van der Waals surface area contributed by atoms with Crippen LogP contribution in [0.4, 0.5) is 4.39 Å². The summed E-state index contributed by atoms with van der Waals surface area (Å²) in [5.41, 5.74) is 3.69. The van der Waals surface area contributed by atoms with Crippen molar-refractivity contribution in [1.29, 1.82) is 0 Å². The number of fused-ring (bicyclic) bond motifs is 2.